The molecule has 2 aromatic carbocycles. The number of hydrogen-bond donors (Lipinski definition) is 1. The molecule has 1 atom stereocenters. The average Bonchev–Trinajstić information content (AvgIpc) is 2.77. The average molecular weight is 414 g/mol. The fraction of sp³-hybridized carbons (Fsp3) is 0.130. The molecule has 5 rings (SSSR count). The summed E-state index contributed by atoms with van der Waals surface area (Å²) in [4.78, 5) is 22.6. The van der Waals surface area contributed by atoms with Gasteiger partial charge in [-0.05, 0) is 30.7 Å². The van der Waals surface area contributed by atoms with Crippen molar-refractivity contribution in [2.75, 3.05) is 0 Å². The number of aryl methyl sites for hydroxylation is 1. The number of para-hydroxylation sites is 1. The van der Waals surface area contributed by atoms with Crippen LogP contribution in [0.4, 0.5) is 0 Å². The summed E-state index contributed by atoms with van der Waals surface area (Å²) < 4.78 is 0. The Morgan fingerprint density at radius 2 is 1.80 bits per heavy atom. The minimum atomic E-state index is -0.492. The molecular weight excluding hydrogens is 394 g/mol. The maximum atomic E-state index is 13.1. The topological polar surface area (TPSA) is 70.0 Å². The molecule has 1 N–H and O–H groups in total. The standard InChI is InChI=1S/C23H19N5OS/c1-15-8-7-13-19(24-15)21-25-18-12-6-5-11-17(18)20-22(29)26-23(27-28(20)21)30-14-16-9-3-2-4-10-16/h2-13,21H,14H2,1H3,(H,26,27,29). The number of benzene rings is 2. The van der Waals surface area contributed by atoms with E-state index in [-0.39, 0.29) is 5.91 Å². The van der Waals surface area contributed by atoms with Crippen LogP contribution in [-0.2, 0) is 10.5 Å². The fourth-order valence-electron chi connectivity index (χ4n) is 3.52. The minimum Gasteiger partial charge on any atom is -0.298 e. The van der Waals surface area contributed by atoms with E-state index in [0.29, 0.717) is 16.6 Å². The van der Waals surface area contributed by atoms with Gasteiger partial charge >= 0.3 is 0 Å². The quantitative estimate of drug-likeness (QED) is 0.716. The SMILES string of the molecule is Cc1cccc(C2N=c3ccccc3=C3C(=O)NC(SCc4ccccc4)=NN32)n1. The van der Waals surface area contributed by atoms with Crippen molar-refractivity contribution < 1.29 is 4.79 Å². The van der Waals surface area contributed by atoms with E-state index in [0.717, 1.165) is 22.0 Å². The Kier molecular flexibility index (Phi) is 4.80. The summed E-state index contributed by atoms with van der Waals surface area (Å²) in [5.74, 6) is 0.532. The number of thioether (sulfide) groups is 1. The molecule has 3 aromatic rings. The van der Waals surface area contributed by atoms with Crippen LogP contribution < -0.4 is 15.9 Å². The lowest BCUT2D eigenvalue weighted by Gasteiger charge is -2.33. The van der Waals surface area contributed by atoms with Crippen molar-refractivity contribution in [1.82, 2.24) is 15.3 Å². The van der Waals surface area contributed by atoms with Crippen LogP contribution in [0.15, 0.2) is 82.9 Å². The van der Waals surface area contributed by atoms with Crippen LogP contribution >= 0.6 is 11.8 Å². The molecule has 0 saturated carbocycles. The number of aromatic nitrogens is 1. The Hall–Kier alpha value is -3.45. The summed E-state index contributed by atoms with van der Waals surface area (Å²) in [5, 5.41) is 11.5. The van der Waals surface area contributed by atoms with Gasteiger partial charge in [0.25, 0.3) is 5.91 Å². The molecule has 6 nitrogen and oxygen atoms in total. The third-order valence-electron chi connectivity index (χ3n) is 4.91. The van der Waals surface area contributed by atoms with Crippen molar-refractivity contribution in [2.24, 2.45) is 10.1 Å². The summed E-state index contributed by atoms with van der Waals surface area (Å²) in [7, 11) is 0. The molecule has 0 saturated heterocycles. The molecule has 1 amide bonds. The lowest BCUT2D eigenvalue weighted by molar-refractivity contribution is -0.116. The first-order chi connectivity index (χ1) is 14.7. The maximum absolute atomic E-state index is 13.1. The van der Waals surface area contributed by atoms with Gasteiger partial charge in [0.05, 0.1) is 11.1 Å². The molecule has 0 radical (unpaired) electrons. The fourth-order valence-corrected chi connectivity index (χ4v) is 4.33. The third-order valence-corrected chi connectivity index (χ3v) is 5.84. The molecule has 0 fully saturated rings. The number of nitrogens with one attached hydrogen (secondary N) is 1. The number of fused-ring (bicyclic) bond motifs is 2. The highest BCUT2D eigenvalue weighted by atomic mass is 32.2. The van der Waals surface area contributed by atoms with E-state index >= 15 is 0 Å². The highest BCUT2D eigenvalue weighted by Gasteiger charge is 2.35. The van der Waals surface area contributed by atoms with Crippen molar-refractivity contribution >= 4 is 28.5 Å². The molecule has 2 aliphatic heterocycles. The Labute approximate surface area is 178 Å². The van der Waals surface area contributed by atoms with Crippen LogP contribution in [0.2, 0.25) is 0 Å². The molecule has 0 bridgehead atoms. The zero-order valence-electron chi connectivity index (χ0n) is 16.3. The first-order valence-electron chi connectivity index (χ1n) is 9.66. The van der Waals surface area contributed by atoms with Crippen LogP contribution in [-0.4, -0.2) is 21.1 Å². The summed E-state index contributed by atoms with van der Waals surface area (Å²) >= 11 is 1.49. The van der Waals surface area contributed by atoms with E-state index in [1.54, 1.807) is 5.01 Å². The molecule has 0 spiro atoms. The zero-order chi connectivity index (χ0) is 20.5. The van der Waals surface area contributed by atoms with Crippen molar-refractivity contribution in [2.45, 2.75) is 18.8 Å². The van der Waals surface area contributed by atoms with Crippen LogP contribution in [0.1, 0.15) is 23.1 Å². The summed E-state index contributed by atoms with van der Waals surface area (Å²) in [5.41, 5.74) is 3.32. The van der Waals surface area contributed by atoms with E-state index in [1.807, 2.05) is 67.6 Å². The lowest BCUT2D eigenvalue weighted by Crippen LogP contribution is -2.50. The number of hydrogen-bond acceptors (Lipinski definition) is 6. The van der Waals surface area contributed by atoms with Crippen LogP contribution in [0.5, 0.6) is 0 Å². The molecule has 1 aromatic heterocycles. The molecule has 7 heteroatoms. The Balaban J connectivity index is 1.58. The van der Waals surface area contributed by atoms with E-state index in [1.165, 1.54) is 17.3 Å². The van der Waals surface area contributed by atoms with E-state index < -0.39 is 6.17 Å². The lowest BCUT2D eigenvalue weighted by atomic mass is 10.1. The van der Waals surface area contributed by atoms with E-state index in [9.17, 15) is 4.79 Å². The summed E-state index contributed by atoms with van der Waals surface area (Å²) in [6.07, 6.45) is -0.492. The van der Waals surface area contributed by atoms with Gasteiger partial charge in [-0.3, -0.25) is 20.1 Å². The van der Waals surface area contributed by atoms with Crippen LogP contribution in [0.25, 0.3) is 5.70 Å². The second kappa shape index (κ2) is 7.76. The van der Waals surface area contributed by atoms with Gasteiger partial charge in [0, 0.05) is 16.7 Å². The van der Waals surface area contributed by atoms with E-state index in [4.69, 9.17) is 10.1 Å². The number of hydrazone groups is 1. The first kappa shape index (κ1) is 18.6. The summed E-state index contributed by atoms with van der Waals surface area (Å²) in [6.45, 7) is 1.94. The van der Waals surface area contributed by atoms with Gasteiger partial charge in [0.15, 0.2) is 11.3 Å². The van der Waals surface area contributed by atoms with Crippen LogP contribution in [0, 0.1) is 6.92 Å². The second-order valence-corrected chi connectivity index (χ2v) is 8.01. The van der Waals surface area contributed by atoms with Gasteiger partial charge in [0.1, 0.15) is 5.70 Å². The third kappa shape index (κ3) is 3.48. The van der Waals surface area contributed by atoms with Gasteiger partial charge in [0.2, 0.25) is 0 Å². The van der Waals surface area contributed by atoms with Gasteiger partial charge in [-0.15, -0.1) is 5.10 Å². The zero-order valence-corrected chi connectivity index (χ0v) is 17.1. The molecule has 30 heavy (non-hydrogen) atoms. The molecule has 2 aliphatic rings. The van der Waals surface area contributed by atoms with Crippen molar-refractivity contribution in [3.8, 4) is 0 Å². The second-order valence-electron chi connectivity index (χ2n) is 7.05. The minimum absolute atomic E-state index is 0.180. The number of nitrogens with zero attached hydrogens (tertiary/aromatic N) is 4. The highest BCUT2D eigenvalue weighted by molar-refractivity contribution is 8.13. The number of amides is 1. The molecular formula is C23H19N5OS. The number of pyridine rings is 1. The van der Waals surface area contributed by atoms with Crippen molar-refractivity contribution in [3.63, 3.8) is 0 Å². The maximum Gasteiger partial charge on any atom is 0.276 e. The van der Waals surface area contributed by atoms with Gasteiger partial charge in [-0.1, -0.05) is 66.4 Å². The highest BCUT2D eigenvalue weighted by Crippen LogP contribution is 2.30. The largest absolute Gasteiger partial charge is 0.298 e. The Morgan fingerprint density at radius 1 is 1.00 bits per heavy atom. The number of carbonyl (C=O) groups excluding carboxylic acids is 1. The van der Waals surface area contributed by atoms with Gasteiger partial charge in [-0.25, -0.2) is 5.01 Å². The molecule has 3 heterocycles. The Morgan fingerprint density at radius 3 is 2.63 bits per heavy atom. The van der Waals surface area contributed by atoms with Crippen LogP contribution in [0.3, 0.4) is 0 Å². The number of rotatable bonds is 3. The van der Waals surface area contributed by atoms with E-state index in [2.05, 4.69) is 22.4 Å². The monoisotopic (exact) mass is 413 g/mol. The molecule has 0 aliphatic carbocycles. The predicted molar refractivity (Wildman–Crippen MR) is 117 cm³/mol. The molecule has 148 valence electrons. The number of amidine groups is 1. The van der Waals surface area contributed by atoms with Gasteiger partial charge in [-0.2, -0.15) is 0 Å². The first-order valence-corrected chi connectivity index (χ1v) is 10.6. The number of carbonyl (C=O) groups is 1. The molecule has 1 unspecified atom stereocenters. The Bertz CT molecular complexity index is 1270. The normalized spacial score (nSPS) is 17.4. The van der Waals surface area contributed by atoms with Crippen molar-refractivity contribution in [3.05, 3.63) is 100 Å². The van der Waals surface area contributed by atoms with Gasteiger partial charge < -0.3 is 0 Å². The summed E-state index contributed by atoms with van der Waals surface area (Å²) in [6, 6.07) is 23.6. The smallest absolute Gasteiger partial charge is 0.276 e. The van der Waals surface area contributed by atoms with Crippen molar-refractivity contribution in [1.29, 1.82) is 0 Å². The predicted octanol–water partition coefficient (Wildman–Crippen LogP) is 2.47.